The Morgan fingerprint density at radius 1 is 1.47 bits per heavy atom. The predicted octanol–water partition coefficient (Wildman–Crippen LogP) is 1.35. The van der Waals surface area contributed by atoms with Crippen LogP contribution in [0, 0.1) is 6.92 Å². The van der Waals surface area contributed by atoms with Crippen LogP contribution in [0.5, 0.6) is 0 Å². The average molecular weight is 201 g/mol. The first-order valence-electron chi connectivity index (χ1n) is 4.63. The van der Waals surface area contributed by atoms with Gasteiger partial charge in [-0.15, -0.1) is 0 Å². The number of hydrogen-bond donors (Lipinski definition) is 0. The van der Waals surface area contributed by atoms with Gasteiger partial charge in [-0.3, -0.25) is 14.5 Å². The van der Waals surface area contributed by atoms with Crippen LogP contribution < -0.4 is 0 Å². The fourth-order valence-electron chi connectivity index (χ4n) is 1.48. The molecule has 0 amide bonds. The highest BCUT2D eigenvalue weighted by atomic mass is 16.1. The van der Waals surface area contributed by atoms with Crippen molar-refractivity contribution in [1.29, 1.82) is 0 Å². The first-order valence-corrected chi connectivity index (χ1v) is 4.63. The number of aryl methyl sites for hydroxylation is 2. The lowest BCUT2D eigenvalue weighted by atomic mass is 10.1. The fourth-order valence-corrected chi connectivity index (χ4v) is 1.48. The summed E-state index contributed by atoms with van der Waals surface area (Å²) in [5.41, 5.74) is 1.96. The summed E-state index contributed by atoms with van der Waals surface area (Å²) in [6.07, 6.45) is 4.94. The number of pyridine rings is 1. The van der Waals surface area contributed by atoms with Crippen LogP contribution >= 0.6 is 0 Å². The second-order valence-electron chi connectivity index (χ2n) is 3.37. The Kier molecular flexibility index (Phi) is 2.33. The summed E-state index contributed by atoms with van der Waals surface area (Å²) in [5, 5.41) is 4.13. The molecule has 0 aliphatic carbocycles. The lowest BCUT2D eigenvalue weighted by Gasteiger charge is -1.97. The van der Waals surface area contributed by atoms with E-state index in [-0.39, 0.29) is 5.78 Å². The second kappa shape index (κ2) is 3.65. The third-order valence-electron chi connectivity index (χ3n) is 2.18. The normalized spacial score (nSPS) is 10.3. The lowest BCUT2D eigenvalue weighted by molar-refractivity contribution is 0.103. The Balaban J connectivity index is 2.41. The van der Waals surface area contributed by atoms with Gasteiger partial charge in [0.05, 0.1) is 11.3 Å². The van der Waals surface area contributed by atoms with Crippen molar-refractivity contribution in [2.45, 2.75) is 6.92 Å². The van der Waals surface area contributed by atoms with E-state index in [0.717, 1.165) is 5.69 Å². The van der Waals surface area contributed by atoms with Crippen molar-refractivity contribution in [2.75, 3.05) is 0 Å². The quantitative estimate of drug-likeness (QED) is 0.689. The van der Waals surface area contributed by atoms with Gasteiger partial charge in [-0.1, -0.05) is 0 Å². The van der Waals surface area contributed by atoms with Gasteiger partial charge < -0.3 is 0 Å². The molecule has 0 unspecified atom stereocenters. The summed E-state index contributed by atoms with van der Waals surface area (Å²) in [6.45, 7) is 1.82. The molecule has 0 aliphatic rings. The van der Waals surface area contributed by atoms with Crippen LogP contribution in [0.25, 0.3) is 0 Å². The third-order valence-corrected chi connectivity index (χ3v) is 2.18. The van der Waals surface area contributed by atoms with Crippen molar-refractivity contribution in [1.82, 2.24) is 14.8 Å². The number of carbonyl (C=O) groups excluding carboxylic acids is 1. The van der Waals surface area contributed by atoms with Gasteiger partial charge in [0.25, 0.3) is 0 Å². The molecule has 2 aromatic heterocycles. The van der Waals surface area contributed by atoms with Crippen LogP contribution in [-0.2, 0) is 7.05 Å². The van der Waals surface area contributed by atoms with Crippen molar-refractivity contribution in [2.24, 2.45) is 7.05 Å². The van der Waals surface area contributed by atoms with Gasteiger partial charge in [0.2, 0.25) is 0 Å². The molecule has 0 N–H and O–H groups in total. The number of ketones is 1. The maximum absolute atomic E-state index is 12.0. The molecule has 0 aliphatic heterocycles. The van der Waals surface area contributed by atoms with E-state index in [1.54, 1.807) is 42.5 Å². The monoisotopic (exact) mass is 201 g/mol. The Morgan fingerprint density at radius 3 is 2.80 bits per heavy atom. The number of aromatic nitrogens is 3. The van der Waals surface area contributed by atoms with E-state index < -0.39 is 0 Å². The highest BCUT2D eigenvalue weighted by molar-refractivity contribution is 6.09. The van der Waals surface area contributed by atoms with Gasteiger partial charge in [0, 0.05) is 31.2 Å². The second-order valence-corrected chi connectivity index (χ2v) is 3.37. The molecular formula is C11H11N3O. The molecule has 4 nitrogen and oxygen atoms in total. The fraction of sp³-hybridized carbons (Fsp3) is 0.182. The largest absolute Gasteiger partial charge is 0.288 e. The van der Waals surface area contributed by atoms with Crippen LogP contribution in [0.2, 0.25) is 0 Å². The molecule has 2 rings (SSSR count). The zero-order valence-corrected chi connectivity index (χ0v) is 8.64. The van der Waals surface area contributed by atoms with E-state index in [4.69, 9.17) is 0 Å². The van der Waals surface area contributed by atoms with Gasteiger partial charge >= 0.3 is 0 Å². The maximum Gasteiger partial charge on any atom is 0.198 e. The van der Waals surface area contributed by atoms with Crippen molar-refractivity contribution in [3.05, 3.63) is 47.5 Å². The molecule has 0 bridgehead atoms. The zero-order valence-electron chi connectivity index (χ0n) is 8.64. The molecule has 2 heterocycles. The highest BCUT2D eigenvalue weighted by Gasteiger charge is 2.14. The standard InChI is InChI=1S/C11H11N3O/c1-8-10(7-14(2)13-8)11(15)9-4-3-5-12-6-9/h3-7H,1-2H3. The van der Waals surface area contributed by atoms with Crippen LogP contribution in [0.15, 0.2) is 30.7 Å². The summed E-state index contributed by atoms with van der Waals surface area (Å²) >= 11 is 0. The molecule has 15 heavy (non-hydrogen) atoms. The molecule has 0 fully saturated rings. The zero-order chi connectivity index (χ0) is 10.8. The highest BCUT2D eigenvalue weighted by Crippen LogP contribution is 2.11. The summed E-state index contributed by atoms with van der Waals surface area (Å²) in [5.74, 6) is -0.0336. The van der Waals surface area contributed by atoms with Gasteiger partial charge in [-0.05, 0) is 19.1 Å². The Hall–Kier alpha value is -1.97. The predicted molar refractivity (Wildman–Crippen MR) is 55.6 cm³/mol. The summed E-state index contributed by atoms with van der Waals surface area (Å²) in [4.78, 5) is 15.9. The molecule has 0 saturated heterocycles. The smallest absolute Gasteiger partial charge is 0.198 e. The van der Waals surface area contributed by atoms with Gasteiger partial charge in [0.1, 0.15) is 0 Å². The molecule has 0 spiro atoms. The first kappa shape index (κ1) is 9.58. The third kappa shape index (κ3) is 1.79. The van der Waals surface area contributed by atoms with Crippen molar-refractivity contribution in [3.8, 4) is 0 Å². The maximum atomic E-state index is 12.0. The van der Waals surface area contributed by atoms with E-state index in [0.29, 0.717) is 11.1 Å². The van der Waals surface area contributed by atoms with Gasteiger partial charge in [-0.2, -0.15) is 5.10 Å². The number of rotatable bonds is 2. The number of nitrogens with zero attached hydrogens (tertiary/aromatic N) is 3. The Labute approximate surface area is 87.6 Å². The number of carbonyl (C=O) groups is 1. The summed E-state index contributed by atoms with van der Waals surface area (Å²) < 4.78 is 1.64. The van der Waals surface area contributed by atoms with E-state index in [1.807, 2.05) is 6.92 Å². The molecule has 0 radical (unpaired) electrons. The molecular weight excluding hydrogens is 190 g/mol. The van der Waals surface area contributed by atoms with Gasteiger partial charge in [0.15, 0.2) is 5.78 Å². The first-order chi connectivity index (χ1) is 7.18. The minimum atomic E-state index is -0.0336. The van der Waals surface area contributed by atoms with E-state index in [2.05, 4.69) is 10.1 Å². The molecule has 2 aromatic rings. The summed E-state index contributed by atoms with van der Waals surface area (Å²) in [7, 11) is 1.80. The van der Waals surface area contributed by atoms with E-state index >= 15 is 0 Å². The van der Waals surface area contributed by atoms with Crippen LogP contribution in [0.4, 0.5) is 0 Å². The topological polar surface area (TPSA) is 47.8 Å². The molecule has 0 atom stereocenters. The number of hydrogen-bond acceptors (Lipinski definition) is 3. The van der Waals surface area contributed by atoms with Crippen LogP contribution in [0.3, 0.4) is 0 Å². The van der Waals surface area contributed by atoms with Crippen molar-refractivity contribution in [3.63, 3.8) is 0 Å². The van der Waals surface area contributed by atoms with Gasteiger partial charge in [-0.25, -0.2) is 0 Å². The molecule has 0 saturated carbocycles. The Morgan fingerprint density at radius 2 is 2.27 bits per heavy atom. The minimum absolute atomic E-state index is 0.0336. The van der Waals surface area contributed by atoms with Crippen molar-refractivity contribution >= 4 is 5.78 Å². The van der Waals surface area contributed by atoms with Crippen LogP contribution in [0.1, 0.15) is 21.6 Å². The van der Waals surface area contributed by atoms with E-state index in [9.17, 15) is 4.79 Å². The minimum Gasteiger partial charge on any atom is -0.288 e. The molecule has 76 valence electrons. The lowest BCUT2D eigenvalue weighted by Crippen LogP contribution is -2.01. The molecule has 0 aromatic carbocycles. The SMILES string of the molecule is Cc1nn(C)cc1C(=O)c1cccnc1. The summed E-state index contributed by atoms with van der Waals surface area (Å²) in [6, 6.07) is 3.50. The van der Waals surface area contributed by atoms with Crippen molar-refractivity contribution < 1.29 is 4.79 Å². The Bertz CT molecular complexity index is 488. The van der Waals surface area contributed by atoms with E-state index in [1.165, 1.54) is 0 Å². The molecule has 4 heteroatoms. The van der Waals surface area contributed by atoms with Crippen LogP contribution in [-0.4, -0.2) is 20.5 Å². The average Bonchev–Trinajstić information content (AvgIpc) is 2.58.